The summed E-state index contributed by atoms with van der Waals surface area (Å²) in [6.07, 6.45) is 1.88. The largest absolute Gasteiger partial charge is 0.369 e. The zero-order chi connectivity index (χ0) is 14.0. The Morgan fingerprint density at radius 3 is 2.84 bits per heavy atom. The molecule has 6 heteroatoms. The third-order valence-corrected chi connectivity index (χ3v) is 5.60. The lowest BCUT2D eigenvalue weighted by Gasteiger charge is -2.41. The van der Waals surface area contributed by atoms with Crippen LogP contribution in [0.3, 0.4) is 0 Å². The number of thiophene rings is 1. The summed E-state index contributed by atoms with van der Waals surface area (Å²) < 4.78 is 1.11. The highest BCUT2D eigenvalue weighted by atomic mass is 79.9. The van der Waals surface area contributed by atoms with Gasteiger partial charge in [0.1, 0.15) is 0 Å². The first kappa shape index (κ1) is 15.0. The Morgan fingerprint density at radius 2 is 2.32 bits per heavy atom. The molecule has 3 unspecified atom stereocenters. The summed E-state index contributed by atoms with van der Waals surface area (Å²) in [5.74, 6) is -0.242. The van der Waals surface area contributed by atoms with E-state index in [0.717, 1.165) is 16.6 Å². The predicted octanol–water partition coefficient (Wildman–Crippen LogP) is 2.10. The van der Waals surface area contributed by atoms with Crippen LogP contribution in [0.4, 0.5) is 0 Å². The number of carbonyl (C=O) groups excluding carboxylic acids is 1. The SMILES string of the molecule is CC1CCC(C(N)=O)CN1C(CN)c1ccc(Br)s1. The molecule has 2 heterocycles. The number of halogens is 1. The fraction of sp³-hybridized carbons (Fsp3) is 0.615. The molecule has 0 aromatic carbocycles. The van der Waals surface area contributed by atoms with Crippen molar-refractivity contribution in [1.82, 2.24) is 4.90 Å². The zero-order valence-corrected chi connectivity index (χ0v) is 13.4. The lowest BCUT2D eigenvalue weighted by Crippen LogP contribution is -2.48. The van der Waals surface area contributed by atoms with E-state index in [4.69, 9.17) is 11.5 Å². The van der Waals surface area contributed by atoms with Crippen LogP contribution in [0.15, 0.2) is 15.9 Å². The predicted molar refractivity (Wildman–Crippen MR) is 81.9 cm³/mol. The summed E-state index contributed by atoms with van der Waals surface area (Å²) >= 11 is 5.19. The summed E-state index contributed by atoms with van der Waals surface area (Å²) in [6.45, 7) is 3.47. The summed E-state index contributed by atoms with van der Waals surface area (Å²) in [5.41, 5.74) is 11.4. The third-order valence-electron chi connectivity index (χ3n) is 3.88. The monoisotopic (exact) mass is 345 g/mol. The maximum Gasteiger partial charge on any atom is 0.221 e. The van der Waals surface area contributed by atoms with Crippen molar-refractivity contribution in [2.75, 3.05) is 13.1 Å². The molecule has 1 aromatic heterocycles. The number of rotatable bonds is 4. The first-order valence-corrected chi connectivity index (χ1v) is 8.14. The number of piperidine rings is 1. The molecule has 4 N–H and O–H groups in total. The topological polar surface area (TPSA) is 72.4 Å². The van der Waals surface area contributed by atoms with E-state index in [1.807, 2.05) is 6.07 Å². The summed E-state index contributed by atoms with van der Waals surface area (Å²) in [5, 5.41) is 0. The van der Waals surface area contributed by atoms with Crippen molar-refractivity contribution in [3.8, 4) is 0 Å². The van der Waals surface area contributed by atoms with E-state index in [1.165, 1.54) is 4.88 Å². The van der Waals surface area contributed by atoms with E-state index in [0.29, 0.717) is 19.1 Å². The van der Waals surface area contributed by atoms with Crippen molar-refractivity contribution in [2.24, 2.45) is 17.4 Å². The van der Waals surface area contributed by atoms with Gasteiger partial charge in [0.25, 0.3) is 0 Å². The molecule has 1 aliphatic rings. The molecule has 1 aliphatic heterocycles. The molecule has 2 rings (SSSR count). The lowest BCUT2D eigenvalue weighted by molar-refractivity contribution is -0.124. The Labute approximate surface area is 126 Å². The van der Waals surface area contributed by atoms with E-state index in [1.54, 1.807) is 11.3 Å². The molecule has 1 saturated heterocycles. The van der Waals surface area contributed by atoms with Crippen molar-refractivity contribution in [1.29, 1.82) is 0 Å². The average Bonchev–Trinajstić information content (AvgIpc) is 2.79. The maximum atomic E-state index is 11.4. The molecular weight excluding hydrogens is 326 g/mol. The second kappa shape index (κ2) is 6.35. The molecule has 0 spiro atoms. The summed E-state index contributed by atoms with van der Waals surface area (Å²) in [7, 11) is 0. The molecular formula is C13H20BrN3OS. The molecule has 106 valence electrons. The second-order valence-electron chi connectivity index (χ2n) is 5.12. The molecule has 1 fully saturated rings. The van der Waals surface area contributed by atoms with E-state index >= 15 is 0 Å². The molecule has 3 atom stereocenters. The zero-order valence-electron chi connectivity index (χ0n) is 11.0. The second-order valence-corrected chi connectivity index (χ2v) is 7.61. The minimum absolute atomic E-state index is 0.0475. The van der Waals surface area contributed by atoms with Gasteiger partial charge in [0, 0.05) is 24.0 Å². The fourth-order valence-corrected chi connectivity index (χ4v) is 4.28. The summed E-state index contributed by atoms with van der Waals surface area (Å²) in [6, 6.07) is 4.76. The van der Waals surface area contributed by atoms with Crippen LogP contribution >= 0.6 is 27.3 Å². The smallest absolute Gasteiger partial charge is 0.221 e. The maximum absolute atomic E-state index is 11.4. The minimum atomic E-state index is -0.194. The summed E-state index contributed by atoms with van der Waals surface area (Å²) in [4.78, 5) is 15.0. The van der Waals surface area contributed by atoms with Crippen molar-refractivity contribution in [3.05, 3.63) is 20.8 Å². The van der Waals surface area contributed by atoms with Crippen LogP contribution in [0, 0.1) is 5.92 Å². The van der Waals surface area contributed by atoms with Crippen molar-refractivity contribution < 1.29 is 4.79 Å². The number of primary amides is 1. The third kappa shape index (κ3) is 3.37. The molecule has 1 aromatic rings. The average molecular weight is 346 g/mol. The number of likely N-dealkylation sites (tertiary alicyclic amines) is 1. The van der Waals surface area contributed by atoms with Crippen molar-refractivity contribution in [3.63, 3.8) is 0 Å². The van der Waals surface area contributed by atoms with Gasteiger partial charge in [-0.15, -0.1) is 11.3 Å². The molecule has 0 saturated carbocycles. The number of amides is 1. The lowest BCUT2D eigenvalue weighted by atomic mass is 9.91. The van der Waals surface area contributed by atoms with E-state index in [-0.39, 0.29) is 17.9 Å². The number of carbonyl (C=O) groups is 1. The van der Waals surface area contributed by atoms with Gasteiger partial charge in [0.05, 0.1) is 15.7 Å². The van der Waals surface area contributed by atoms with Gasteiger partial charge in [-0.2, -0.15) is 0 Å². The standard InChI is InChI=1S/C13H20BrN3OS/c1-8-2-3-9(13(16)18)7-17(8)10(6-15)11-4-5-12(14)19-11/h4-5,8-10H,2-3,6-7,15H2,1H3,(H2,16,18). The minimum Gasteiger partial charge on any atom is -0.369 e. The van der Waals surface area contributed by atoms with Gasteiger partial charge >= 0.3 is 0 Å². The van der Waals surface area contributed by atoms with Gasteiger partial charge in [-0.3, -0.25) is 9.69 Å². The normalized spacial score (nSPS) is 26.3. The van der Waals surface area contributed by atoms with E-state index < -0.39 is 0 Å². The molecule has 19 heavy (non-hydrogen) atoms. The Balaban J connectivity index is 2.18. The van der Waals surface area contributed by atoms with Crippen LogP contribution in [-0.4, -0.2) is 29.9 Å². The first-order chi connectivity index (χ1) is 9.02. The molecule has 1 amide bonds. The van der Waals surface area contributed by atoms with Gasteiger partial charge in [-0.05, 0) is 47.8 Å². The highest BCUT2D eigenvalue weighted by Gasteiger charge is 2.33. The van der Waals surface area contributed by atoms with Crippen LogP contribution in [0.2, 0.25) is 0 Å². The Bertz CT molecular complexity index is 451. The van der Waals surface area contributed by atoms with Crippen LogP contribution < -0.4 is 11.5 Å². The number of hydrogen-bond donors (Lipinski definition) is 2. The van der Waals surface area contributed by atoms with Crippen LogP contribution in [0.1, 0.15) is 30.7 Å². The highest BCUT2D eigenvalue weighted by Crippen LogP contribution is 2.34. The van der Waals surface area contributed by atoms with E-state index in [9.17, 15) is 4.79 Å². The van der Waals surface area contributed by atoms with E-state index in [2.05, 4.69) is 33.8 Å². The quantitative estimate of drug-likeness (QED) is 0.877. The van der Waals surface area contributed by atoms with Crippen LogP contribution in [0.5, 0.6) is 0 Å². The van der Waals surface area contributed by atoms with Gasteiger partial charge in [-0.1, -0.05) is 0 Å². The number of nitrogens with two attached hydrogens (primary N) is 2. The Hall–Kier alpha value is -0.430. The molecule has 0 bridgehead atoms. The van der Waals surface area contributed by atoms with Gasteiger partial charge in [-0.25, -0.2) is 0 Å². The number of hydrogen-bond acceptors (Lipinski definition) is 4. The van der Waals surface area contributed by atoms with Gasteiger partial charge in [0.2, 0.25) is 5.91 Å². The highest BCUT2D eigenvalue weighted by molar-refractivity contribution is 9.11. The molecule has 4 nitrogen and oxygen atoms in total. The van der Waals surface area contributed by atoms with Crippen LogP contribution in [0.25, 0.3) is 0 Å². The van der Waals surface area contributed by atoms with Crippen molar-refractivity contribution >= 4 is 33.2 Å². The van der Waals surface area contributed by atoms with Gasteiger partial charge in [0.15, 0.2) is 0 Å². The Kier molecular flexibility index (Phi) is 5.00. The van der Waals surface area contributed by atoms with Gasteiger partial charge < -0.3 is 11.5 Å². The Morgan fingerprint density at radius 1 is 1.58 bits per heavy atom. The van der Waals surface area contributed by atoms with Crippen LogP contribution in [-0.2, 0) is 4.79 Å². The van der Waals surface area contributed by atoms with Crippen molar-refractivity contribution in [2.45, 2.75) is 31.8 Å². The molecule has 0 aliphatic carbocycles. The molecule has 0 radical (unpaired) electrons. The first-order valence-electron chi connectivity index (χ1n) is 6.53. The fourth-order valence-electron chi connectivity index (χ4n) is 2.72. The number of nitrogens with zero attached hydrogens (tertiary/aromatic N) is 1.